The highest BCUT2D eigenvalue weighted by Crippen LogP contribution is 2.43. The molecule has 1 aliphatic carbocycles. The Balaban J connectivity index is 1.30. The highest BCUT2D eigenvalue weighted by molar-refractivity contribution is 5.94. The number of hydrogen-bond acceptors (Lipinski definition) is 3. The van der Waals surface area contributed by atoms with Crippen LogP contribution in [-0.4, -0.2) is 25.5 Å². The molecule has 6 heteroatoms. The van der Waals surface area contributed by atoms with Crippen LogP contribution in [0.1, 0.15) is 46.5 Å². The SMILES string of the molecule is CN=C(NCc1cccc(C(=O)NCc2ccco2)c1)NCC1(c2ccccc2)CCC1. The summed E-state index contributed by atoms with van der Waals surface area (Å²) in [6, 6.07) is 22.0. The van der Waals surface area contributed by atoms with Crippen LogP contribution in [-0.2, 0) is 18.5 Å². The molecule has 32 heavy (non-hydrogen) atoms. The van der Waals surface area contributed by atoms with E-state index in [2.05, 4.69) is 51.3 Å². The maximum absolute atomic E-state index is 12.5. The van der Waals surface area contributed by atoms with E-state index < -0.39 is 0 Å². The summed E-state index contributed by atoms with van der Waals surface area (Å²) in [5.41, 5.74) is 3.21. The summed E-state index contributed by atoms with van der Waals surface area (Å²) in [7, 11) is 1.78. The highest BCUT2D eigenvalue weighted by atomic mass is 16.3. The zero-order valence-electron chi connectivity index (χ0n) is 18.4. The van der Waals surface area contributed by atoms with Gasteiger partial charge in [0, 0.05) is 31.1 Å². The van der Waals surface area contributed by atoms with Gasteiger partial charge in [-0.1, -0.05) is 48.9 Å². The molecule has 1 amide bonds. The van der Waals surface area contributed by atoms with Gasteiger partial charge in [0.15, 0.2) is 5.96 Å². The van der Waals surface area contributed by atoms with Crippen LogP contribution in [0.3, 0.4) is 0 Å². The third kappa shape index (κ3) is 5.19. The third-order valence-corrected chi connectivity index (χ3v) is 6.17. The largest absolute Gasteiger partial charge is 0.467 e. The second-order valence-electron chi connectivity index (χ2n) is 8.24. The summed E-state index contributed by atoms with van der Waals surface area (Å²) in [5, 5.41) is 9.75. The Kier molecular flexibility index (Phi) is 6.90. The number of nitrogens with one attached hydrogen (secondary N) is 3. The maximum Gasteiger partial charge on any atom is 0.251 e. The number of aliphatic imine (C=N–C) groups is 1. The van der Waals surface area contributed by atoms with Crippen LogP contribution in [0.15, 0.2) is 82.4 Å². The fourth-order valence-corrected chi connectivity index (χ4v) is 4.13. The van der Waals surface area contributed by atoms with E-state index in [-0.39, 0.29) is 11.3 Å². The fourth-order valence-electron chi connectivity index (χ4n) is 4.13. The predicted molar refractivity (Wildman–Crippen MR) is 126 cm³/mol. The Bertz CT molecular complexity index is 1040. The molecule has 1 aliphatic rings. The summed E-state index contributed by atoms with van der Waals surface area (Å²) in [6.45, 7) is 1.80. The molecule has 2 aromatic carbocycles. The lowest BCUT2D eigenvalue weighted by Crippen LogP contribution is -2.48. The van der Waals surface area contributed by atoms with Crippen molar-refractivity contribution in [3.05, 3.63) is 95.4 Å². The van der Waals surface area contributed by atoms with Gasteiger partial charge in [-0.25, -0.2) is 0 Å². The number of amides is 1. The average Bonchev–Trinajstić information content (AvgIpc) is 3.33. The number of rotatable bonds is 8. The summed E-state index contributed by atoms with van der Waals surface area (Å²) in [4.78, 5) is 16.8. The van der Waals surface area contributed by atoms with Gasteiger partial charge in [-0.2, -0.15) is 0 Å². The predicted octanol–water partition coefficient (Wildman–Crippen LogP) is 4.00. The molecule has 0 atom stereocenters. The van der Waals surface area contributed by atoms with Gasteiger partial charge in [-0.05, 0) is 48.2 Å². The standard InChI is InChI=1S/C26H30N4O2/c1-27-25(30-19-26(13-7-14-26)22-10-3-2-4-11-22)29-17-20-8-5-9-21(16-20)24(31)28-18-23-12-6-15-32-23/h2-6,8-12,15-16H,7,13-14,17-19H2,1H3,(H,28,31)(H2,27,29,30). The Morgan fingerprint density at radius 3 is 2.50 bits per heavy atom. The Hall–Kier alpha value is -3.54. The lowest BCUT2D eigenvalue weighted by Gasteiger charge is -2.43. The van der Waals surface area contributed by atoms with Gasteiger partial charge in [0.1, 0.15) is 5.76 Å². The van der Waals surface area contributed by atoms with Crippen LogP contribution in [0, 0.1) is 0 Å². The first kappa shape index (κ1) is 21.7. The van der Waals surface area contributed by atoms with Crippen LogP contribution in [0.25, 0.3) is 0 Å². The second kappa shape index (κ2) is 10.2. The number of guanidine groups is 1. The molecule has 1 fully saturated rings. The van der Waals surface area contributed by atoms with Crippen LogP contribution in [0.2, 0.25) is 0 Å². The zero-order valence-corrected chi connectivity index (χ0v) is 18.4. The molecular formula is C26H30N4O2. The molecule has 3 aromatic rings. The number of benzene rings is 2. The van der Waals surface area contributed by atoms with Crippen LogP contribution in [0.5, 0.6) is 0 Å². The smallest absolute Gasteiger partial charge is 0.251 e. The van der Waals surface area contributed by atoms with Crippen LogP contribution >= 0.6 is 0 Å². The van der Waals surface area contributed by atoms with Gasteiger partial charge >= 0.3 is 0 Å². The van der Waals surface area contributed by atoms with Crippen molar-refractivity contribution in [3.63, 3.8) is 0 Å². The average molecular weight is 431 g/mol. The van der Waals surface area contributed by atoms with E-state index in [0.717, 1.165) is 23.8 Å². The van der Waals surface area contributed by atoms with Gasteiger partial charge in [-0.3, -0.25) is 9.79 Å². The third-order valence-electron chi connectivity index (χ3n) is 6.17. The van der Waals surface area contributed by atoms with Crippen molar-refractivity contribution in [2.75, 3.05) is 13.6 Å². The van der Waals surface area contributed by atoms with Gasteiger partial charge in [0.25, 0.3) is 5.91 Å². The van der Waals surface area contributed by atoms with Crippen LogP contribution in [0.4, 0.5) is 0 Å². The maximum atomic E-state index is 12.5. The van der Waals surface area contributed by atoms with Crippen molar-refractivity contribution in [1.82, 2.24) is 16.0 Å². The van der Waals surface area contributed by atoms with E-state index in [1.807, 2.05) is 30.3 Å². The first-order valence-corrected chi connectivity index (χ1v) is 11.1. The minimum absolute atomic E-state index is 0.124. The molecule has 1 saturated carbocycles. The molecule has 6 nitrogen and oxygen atoms in total. The van der Waals surface area contributed by atoms with Crippen molar-refractivity contribution >= 4 is 11.9 Å². The van der Waals surface area contributed by atoms with Gasteiger partial charge in [0.05, 0.1) is 12.8 Å². The number of hydrogen-bond donors (Lipinski definition) is 3. The van der Waals surface area contributed by atoms with Crippen molar-refractivity contribution in [3.8, 4) is 0 Å². The van der Waals surface area contributed by atoms with E-state index in [0.29, 0.717) is 18.7 Å². The molecule has 0 unspecified atom stereocenters. The van der Waals surface area contributed by atoms with E-state index >= 15 is 0 Å². The molecule has 166 valence electrons. The molecule has 0 aliphatic heterocycles. The summed E-state index contributed by atoms with van der Waals surface area (Å²) in [6.07, 6.45) is 5.24. The minimum atomic E-state index is -0.124. The molecule has 1 aromatic heterocycles. The Morgan fingerprint density at radius 1 is 0.969 bits per heavy atom. The van der Waals surface area contributed by atoms with Crippen LogP contribution < -0.4 is 16.0 Å². The minimum Gasteiger partial charge on any atom is -0.467 e. The van der Waals surface area contributed by atoms with E-state index in [1.54, 1.807) is 19.4 Å². The molecule has 0 spiro atoms. The molecule has 0 bridgehead atoms. The highest BCUT2D eigenvalue weighted by Gasteiger charge is 2.38. The Labute approximate surface area is 189 Å². The van der Waals surface area contributed by atoms with Crippen molar-refractivity contribution < 1.29 is 9.21 Å². The number of nitrogens with zero attached hydrogens (tertiary/aromatic N) is 1. The normalized spacial score (nSPS) is 15.0. The molecule has 4 rings (SSSR count). The molecule has 3 N–H and O–H groups in total. The summed E-state index contributed by atoms with van der Waals surface area (Å²) < 4.78 is 5.26. The topological polar surface area (TPSA) is 78.7 Å². The Morgan fingerprint density at radius 2 is 1.81 bits per heavy atom. The first-order chi connectivity index (χ1) is 15.7. The van der Waals surface area contributed by atoms with E-state index in [1.165, 1.54) is 24.8 Å². The van der Waals surface area contributed by atoms with Crippen molar-refractivity contribution in [2.24, 2.45) is 4.99 Å². The molecular weight excluding hydrogens is 400 g/mol. The lowest BCUT2D eigenvalue weighted by molar-refractivity contribution is 0.0948. The number of carbonyl (C=O) groups is 1. The molecule has 1 heterocycles. The van der Waals surface area contributed by atoms with Gasteiger partial charge < -0.3 is 20.4 Å². The first-order valence-electron chi connectivity index (χ1n) is 11.1. The van der Waals surface area contributed by atoms with E-state index in [4.69, 9.17) is 4.42 Å². The second-order valence-corrected chi connectivity index (χ2v) is 8.24. The summed E-state index contributed by atoms with van der Waals surface area (Å²) >= 11 is 0. The molecule has 0 radical (unpaired) electrons. The quantitative estimate of drug-likeness (QED) is 0.373. The van der Waals surface area contributed by atoms with Crippen molar-refractivity contribution in [2.45, 2.75) is 37.8 Å². The monoisotopic (exact) mass is 430 g/mol. The van der Waals surface area contributed by atoms with Gasteiger partial charge in [0.2, 0.25) is 0 Å². The number of carbonyl (C=O) groups excluding carboxylic acids is 1. The molecule has 0 saturated heterocycles. The van der Waals surface area contributed by atoms with Crippen molar-refractivity contribution in [1.29, 1.82) is 0 Å². The van der Waals surface area contributed by atoms with Gasteiger partial charge in [-0.15, -0.1) is 0 Å². The fraction of sp³-hybridized carbons (Fsp3) is 0.308. The summed E-state index contributed by atoms with van der Waals surface area (Å²) in [5.74, 6) is 1.37. The number of furan rings is 1. The lowest BCUT2D eigenvalue weighted by atomic mass is 9.64. The zero-order chi connectivity index (χ0) is 22.2. The van der Waals surface area contributed by atoms with E-state index in [9.17, 15) is 4.79 Å².